The van der Waals surface area contributed by atoms with E-state index in [0.29, 0.717) is 0 Å². The Hall–Kier alpha value is 0.375. The Morgan fingerprint density at radius 2 is 2.00 bits per heavy atom. The molecule has 0 aromatic rings. The lowest BCUT2D eigenvalue weighted by Gasteiger charge is -1.89. The third-order valence-corrected chi connectivity index (χ3v) is 0. The minimum Gasteiger partial charge on any atom is -0.635 e. The lowest BCUT2D eigenvalue weighted by atomic mass is 10.8. The van der Waals surface area contributed by atoms with Gasteiger partial charge in [-0.05, 0) is 0 Å². The molecule has 1 unspecified atom stereocenters. The van der Waals surface area contributed by atoms with Crippen molar-refractivity contribution in [1.82, 2.24) is 0 Å². The molecular weight excluding hydrogens is 70.9 g/mol. The van der Waals surface area contributed by atoms with Crippen LogP contribution in [0.1, 0.15) is 0 Å². The summed E-state index contributed by atoms with van der Waals surface area (Å²) in [6.07, 6.45) is 1.64. The summed E-state index contributed by atoms with van der Waals surface area (Å²) in [7, 11) is 1.64. The van der Waals surface area contributed by atoms with Gasteiger partial charge in [-0.2, -0.15) is 0 Å². The summed E-state index contributed by atoms with van der Waals surface area (Å²) in [5.74, 6) is 0. The van der Waals surface area contributed by atoms with E-state index in [2.05, 4.69) is 0 Å². The van der Waals surface area contributed by atoms with Crippen LogP contribution in [0.25, 0.3) is 0 Å². The number of hydrogen-bond donors (Lipinski definition) is 0. The Bertz CT molecular complexity index is 12.8. The van der Waals surface area contributed by atoms with E-state index in [1.807, 2.05) is 0 Å². The van der Waals surface area contributed by atoms with E-state index in [1.54, 1.807) is 13.4 Å². The average Bonchev–Trinajstić information content (AvgIpc) is 0.811. The van der Waals surface area contributed by atoms with E-state index in [0.717, 1.165) is 0 Å². The predicted octanol–water partition coefficient (Wildman–Crippen LogP) is -1.09. The summed E-state index contributed by atoms with van der Waals surface area (Å²) in [5, 5.41) is 0. The van der Waals surface area contributed by atoms with Crippen LogP contribution in [0.4, 0.5) is 0 Å². The van der Waals surface area contributed by atoms with E-state index >= 15 is 0 Å². The highest BCUT2D eigenvalue weighted by Crippen LogP contribution is 1.59. The topological polar surface area (TPSA) is 23.1 Å². The molecule has 0 spiro atoms. The highest BCUT2D eigenvalue weighted by molar-refractivity contribution is 8.11. The van der Waals surface area contributed by atoms with Crippen LogP contribution in [0.15, 0.2) is 0 Å². The van der Waals surface area contributed by atoms with Gasteiger partial charge >= 0.3 is 7.12 Å². The van der Waals surface area contributed by atoms with Crippen molar-refractivity contribution in [3.05, 3.63) is 0 Å². The molecule has 0 fully saturated rings. The molecule has 0 N–H and O–H groups in total. The van der Waals surface area contributed by atoms with Gasteiger partial charge in [-0.25, -0.2) is 0 Å². The van der Waals surface area contributed by atoms with Gasteiger partial charge in [-0.15, -0.1) is 11.0 Å². The Labute approximate surface area is 29.9 Å². The molecule has 0 aromatic carbocycles. The van der Waals surface area contributed by atoms with Gasteiger partial charge in [0.25, 0.3) is 0 Å². The minimum atomic E-state index is -0.611. The van der Waals surface area contributed by atoms with Gasteiger partial charge in [-0.3, -0.25) is 0 Å². The molecule has 0 aliphatic rings. The molecule has 1 nitrogen and oxygen atoms in total. The van der Waals surface area contributed by atoms with Gasteiger partial charge in [0.05, 0.1) is 6.26 Å². The Morgan fingerprint density at radius 3 is 2.00 bits per heavy atom. The van der Waals surface area contributed by atoms with Gasteiger partial charge < -0.3 is 4.55 Å². The summed E-state index contributed by atoms with van der Waals surface area (Å²) >= 11 is -0.611. The molecule has 0 aromatic heterocycles. The minimum absolute atomic E-state index is 0.611. The van der Waals surface area contributed by atoms with Crippen LogP contribution in [0, 0.1) is 0 Å². The van der Waals surface area contributed by atoms with Crippen molar-refractivity contribution >= 4 is 18.2 Å². The van der Waals surface area contributed by atoms with Gasteiger partial charge in [0, 0.05) is 0 Å². The fraction of sp³-hybridized carbons (Fsp3) is 1.00. The summed E-state index contributed by atoms with van der Waals surface area (Å²) in [4.78, 5) is 0. The van der Waals surface area contributed by atoms with Crippen LogP contribution >= 0.6 is 0 Å². The molecule has 0 saturated heterocycles. The lowest BCUT2D eigenvalue weighted by molar-refractivity contribution is 0.613. The maximum atomic E-state index is 9.56. The first kappa shape index (κ1) is 4.37. The second-order valence-corrected chi connectivity index (χ2v) is 2.22. The second kappa shape index (κ2) is 1.67. The van der Waals surface area contributed by atoms with Crippen molar-refractivity contribution in [2.45, 2.75) is 0 Å². The molecular formula is CH5BOS. The van der Waals surface area contributed by atoms with Crippen molar-refractivity contribution in [3.8, 4) is 0 Å². The smallest absolute Gasteiger partial charge is 0.376 e. The first-order valence-corrected chi connectivity index (χ1v) is 2.95. The van der Waals surface area contributed by atoms with Gasteiger partial charge in [0.2, 0.25) is 0 Å². The van der Waals surface area contributed by atoms with Crippen LogP contribution in [0.5, 0.6) is 0 Å². The molecule has 0 amide bonds. The molecule has 0 saturated carbocycles. The van der Waals surface area contributed by atoms with Crippen molar-refractivity contribution < 1.29 is 4.55 Å². The molecule has 4 heavy (non-hydrogen) atoms. The van der Waals surface area contributed by atoms with Crippen molar-refractivity contribution in [3.63, 3.8) is 0 Å². The number of hydrogen-bond acceptors (Lipinski definition) is 1. The summed E-state index contributed by atoms with van der Waals surface area (Å²) in [6, 6.07) is 0. The third-order valence-electron chi connectivity index (χ3n) is 0. The van der Waals surface area contributed by atoms with E-state index in [9.17, 15) is 4.55 Å². The van der Waals surface area contributed by atoms with Gasteiger partial charge in [-0.1, -0.05) is 0 Å². The van der Waals surface area contributed by atoms with Gasteiger partial charge in [0.15, 0.2) is 0 Å². The predicted molar refractivity (Wildman–Crippen MR) is 22.6 cm³/mol. The summed E-state index contributed by atoms with van der Waals surface area (Å²) < 4.78 is 9.56. The Kier molecular flexibility index (Phi) is 1.83. The maximum absolute atomic E-state index is 9.56. The van der Waals surface area contributed by atoms with Crippen LogP contribution in [0.2, 0.25) is 0 Å². The van der Waals surface area contributed by atoms with Crippen LogP contribution in [-0.4, -0.2) is 17.9 Å². The molecule has 3 heteroatoms. The molecule has 0 aliphatic heterocycles. The second-order valence-electron chi connectivity index (χ2n) is 0.742. The molecule has 0 radical (unpaired) electrons. The van der Waals surface area contributed by atoms with Crippen LogP contribution in [-0.2, 0) is 11.0 Å². The highest BCUT2D eigenvalue weighted by Gasteiger charge is 1.68. The van der Waals surface area contributed by atoms with Crippen molar-refractivity contribution in [2.24, 2.45) is 0 Å². The SMILES string of the molecule is B[S+](C)[O-]. The fourth-order valence-electron chi connectivity index (χ4n) is 0. The van der Waals surface area contributed by atoms with Gasteiger partial charge in [0.1, 0.15) is 0 Å². The first-order chi connectivity index (χ1) is 1.73. The Morgan fingerprint density at radius 1 is 2.00 bits per heavy atom. The van der Waals surface area contributed by atoms with Crippen molar-refractivity contribution in [2.75, 3.05) is 6.26 Å². The quantitative estimate of drug-likeness (QED) is 0.265. The monoisotopic (exact) mass is 76.0 g/mol. The fourth-order valence-corrected chi connectivity index (χ4v) is 0. The zero-order valence-corrected chi connectivity index (χ0v) is 3.63. The first-order valence-electron chi connectivity index (χ1n) is 0.983. The van der Waals surface area contributed by atoms with Crippen molar-refractivity contribution in [1.29, 1.82) is 0 Å². The van der Waals surface area contributed by atoms with Crippen LogP contribution < -0.4 is 0 Å². The third kappa shape index (κ3) is 31.9. The molecule has 24 valence electrons. The maximum Gasteiger partial charge on any atom is 0.376 e. The van der Waals surface area contributed by atoms with E-state index in [4.69, 9.17) is 0 Å². The highest BCUT2D eigenvalue weighted by atomic mass is 32.2. The summed E-state index contributed by atoms with van der Waals surface area (Å²) in [6.45, 7) is 0. The van der Waals surface area contributed by atoms with Crippen LogP contribution in [0.3, 0.4) is 0 Å². The molecule has 0 rings (SSSR count). The molecule has 0 heterocycles. The summed E-state index contributed by atoms with van der Waals surface area (Å²) in [5.41, 5.74) is 0. The largest absolute Gasteiger partial charge is 0.635 e. The standard InChI is InChI=1S/CH5BOS/c1-4(2)3/h2H2,1H3. The zero-order chi connectivity index (χ0) is 3.58. The Balaban J connectivity index is 2.32. The number of rotatable bonds is 0. The van der Waals surface area contributed by atoms with E-state index in [1.165, 1.54) is 0 Å². The lowest BCUT2D eigenvalue weighted by Crippen LogP contribution is -1.89. The van der Waals surface area contributed by atoms with E-state index < -0.39 is 11.0 Å². The molecule has 0 aliphatic carbocycles. The van der Waals surface area contributed by atoms with E-state index in [-0.39, 0.29) is 0 Å². The normalized spacial score (nSPS) is 15.5. The average molecular weight is 75.9 g/mol. The zero-order valence-electron chi connectivity index (χ0n) is 2.82. The molecule has 1 atom stereocenters. The molecule has 0 bridgehead atoms.